The van der Waals surface area contributed by atoms with Crippen molar-refractivity contribution in [2.75, 3.05) is 0 Å². The van der Waals surface area contributed by atoms with Crippen LogP contribution in [0.3, 0.4) is 0 Å². The standard InChI is InChI=1S/C21H14Cl2F6O2S/c1-10-6-12(22)2-4-14(10)16-8-17(19(31,20(24,25)26)21(27,28)29)32-18(16)15-5-3-13(23)7-11(15)9-30/h2-8,30-31H,9H2,1H3. The Bertz CT molecular complexity index is 1140. The Hall–Kier alpha value is -1.78. The molecule has 0 radical (unpaired) electrons. The molecule has 0 aliphatic rings. The highest BCUT2D eigenvalue weighted by Gasteiger charge is 2.72. The van der Waals surface area contributed by atoms with Gasteiger partial charge in [-0.15, -0.1) is 11.3 Å². The van der Waals surface area contributed by atoms with E-state index in [4.69, 9.17) is 23.2 Å². The van der Waals surface area contributed by atoms with E-state index in [-0.39, 0.29) is 37.9 Å². The zero-order chi connectivity index (χ0) is 24.1. The largest absolute Gasteiger partial charge is 0.431 e. The van der Waals surface area contributed by atoms with E-state index in [1.807, 2.05) is 0 Å². The van der Waals surface area contributed by atoms with Crippen molar-refractivity contribution in [3.8, 4) is 21.6 Å². The number of rotatable bonds is 4. The number of hydrogen-bond acceptors (Lipinski definition) is 3. The fourth-order valence-electron chi connectivity index (χ4n) is 3.25. The van der Waals surface area contributed by atoms with E-state index in [0.717, 1.165) is 0 Å². The van der Waals surface area contributed by atoms with Gasteiger partial charge in [-0.05, 0) is 59.5 Å². The Morgan fingerprint density at radius 2 is 1.34 bits per heavy atom. The summed E-state index contributed by atoms with van der Waals surface area (Å²) < 4.78 is 81.1. The molecule has 1 aromatic heterocycles. The van der Waals surface area contributed by atoms with E-state index in [2.05, 4.69) is 0 Å². The molecular formula is C21H14Cl2F6O2S. The van der Waals surface area contributed by atoms with E-state index < -0.39 is 29.4 Å². The number of halogens is 8. The smallest absolute Gasteiger partial charge is 0.392 e. The lowest BCUT2D eigenvalue weighted by atomic mass is 9.94. The van der Waals surface area contributed by atoms with Gasteiger partial charge in [0.2, 0.25) is 0 Å². The summed E-state index contributed by atoms with van der Waals surface area (Å²) in [5, 5.41) is 20.2. The maximum absolute atomic E-state index is 13.5. The number of aliphatic hydroxyl groups is 2. The van der Waals surface area contributed by atoms with Crippen LogP contribution in [0.15, 0.2) is 42.5 Å². The number of hydrogen-bond donors (Lipinski definition) is 2. The van der Waals surface area contributed by atoms with Crippen LogP contribution in [0.25, 0.3) is 21.6 Å². The van der Waals surface area contributed by atoms with Crippen molar-refractivity contribution >= 4 is 34.5 Å². The lowest BCUT2D eigenvalue weighted by molar-refractivity contribution is -0.374. The minimum atomic E-state index is -6.03. The predicted octanol–water partition coefficient (Wildman–Crippen LogP) is 7.50. The van der Waals surface area contributed by atoms with Gasteiger partial charge in [-0.1, -0.05) is 35.3 Å². The molecule has 3 rings (SSSR count). The van der Waals surface area contributed by atoms with Crippen molar-refractivity contribution in [2.24, 2.45) is 0 Å². The molecule has 0 saturated heterocycles. The third-order valence-electron chi connectivity index (χ3n) is 4.87. The second-order valence-corrected chi connectivity index (χ2v) is 8.90. The van der Waals surface area contributed by atoms with Crippen LogP contribution < -0.4 is 0 Å². The van der Waals surface area contributed by atoms with Crippen molar-refractivity contribution in [3.05, 3.63) is 68.5 Å². The molecule has 0 fully saturated rings. The van der Waals surface area contributed by atoms with Crippen LogP contribution in [0.2, 0.25) is 10.0 Å². The van der Waals surface area contributed by atoms with Crippen molar-refractivity contribution < 1.29 is 36.6 Å². The second-order valence-electron chi connectivity index (χ2n) is 6.98. The van der Waals surface area contributed by atoms with Crippen molar-refractivity contribution in [1.82, 2.24) is 0 Å². The van der Waals surface area contributed by atoms with E-state index >= 15 is 0 Å². The first-order valence-electron chi connectivity index (χ1n) is 8.87. The summed E-state index contributed by atoms with van der Waals surface area (Å²) in [6.07, 6.45) is -12.1. The summed E-state index contributed by atoms with van der Waals surface area (Å²) in [4.78, 5) is -1.35. The summed E-state index contributed by atoms with van der Waals surface area (Å²) in [6.45, 7) is 1.03. The van der Waals surface area contributed by atoms with Crippen LogP contribution in [0, 0.1) is 6.92 Å². The van der Waals surface area contributed by atoms with Gasteiger partial charge in [0.15, 0.2) is 0 Å². The Morgan fingerprint density at radius 1 is 0.812 bits per heavy atom. The molecule has 2 aromatic carbocycles. The first-order valence-corrected chi connectivity index (χ1v) is 10.4. The van der Waals surface area contributed by atoms with Gasteiger partial charge < -0.3 is 10.2 Å². The van der Waals surface area contributed by atoms with Crippen molar-refractivity contribution in [3.63, 3.8) is 0 Å². The first-order chi connectivity index (χ1) is 14.7. The van der Waals surface area contributed by atoms with Crippen LogP contribution in [-0.2, 0) is 12.2 Å². The monoisotopic (exact) mass is 514 g/mol. The third-order valence-corrected chi connectivity index (χ3v) is 6.62. The van der Waals surface area contributed by atoms with Crippen molar-refractivity contribution in [1.29, 1.82) is 0 Å². The molecule has 0 spiro atoms. The number of benzene rings is 2. The molecule has 11 heteroatoms. The third kappa shape index (κ3) is 4.24. The summed E-state index contributed by atoms with van der Waals surface area (Å²) in [7, 11) is 0. The van der Waals surface area contributed by atoms with E-state index in [1.54, 1.807) is 6.92 Å². The molecule has 0 aliphatic heterocycles. The lowest BCUT2D eigenvalue weighted by Gasteiger charge is -2.31. The Labute approximate surface area is 192 Å². The van der Waals surface area contributed by atoms with Crippen LogP contribution in [-0.4, -0.2) is 22.6 Å². The fraction of sp³-hybridized carbons (Fsp3) is 0.238. The highest BCUT2D eigenvalue weighted by molar-refractivity contribution is 7.16. The van der Waals surface area contributed by atoms with Gasteiger partial charge in [0, 0.05) is 20.5 Å². The summed E-state index contributed by atoms with van der Waals surface area (Å²) in [6, 6.07) is 9.22. The highest BCUT2D eigenvalue weighted by Crippen LogP contribution is 2.55. The van der Waals surface area contributed by atoms with Crippen LogP contribution in [0.1, 0.15) is 16.0 Å². The van der Waals surface area contributed by atoms with Gasteiger partial charge in [-0.25, -0.2) is 0 Å². The lowest BCUT2D eigenvalue weighted by Crippen LogP contribution is -2.53. The molecule has 0 amide bonds. The molecule has 0 bridgehead atoms. The van der Waals surface area contributed by atoms with Gasteiger partial charge in [0.05, 0.1) is 11.5 Å². The number of aryl methyl sites for hydroxylation is 1. The maximum Gasteiger partial charge on any atom is 0.431 e. The average molecular weight is 515 g/mol. The zero-order valence-electron chi connectivity index (χ0n) is 16.1. The number of thiophene rings is 1. The van der Waals surface area contributed by atoms with Gasteiger partial charge >= 0.3 is 12.4 Å². The van der Waals surface area contributed by atoms with Gasteiger partial charge in [-0.2, -0.15) is 26.3 Å². The SMILES string of the molecule is Cc1cc(Cl)ccc1-c1cc(C(O)(C(F)(F)F)C(F)(F)F)sc1-c1ccc(Cl)cc1CO. The first kappa shape index (κ1) is 24.9. The quantitative estimate of drug-likeness (QED) is 0.354. The van der Waals surface area contributed by atoms with Gasteiger partial charge in [0.1, 0.15) is 0 Å². The van der Waals surface area contributed by atoms with E-state index in [1.165, 1.54) is 36.4 Å². The summed E-state index contributed by atoms with van der Waals surface area (Å²) in [5.41, 5.74) is -3.87. The van der Waals surface area contributed by atoms with E-state index in [0.29, 0.717) is 22.2 Å². The molecule has 0 unspecified atom stereocenters. The molecule has 2 nitrogen and oxygen atoms in total. The van der Waals surface area contributed by atoms with Crippen LogP contribution in [0.4, 0.5) is 26.3 Å². The molecule has 2 N–H and O–H groups in total. The topological polar surface area (TPSA) is 40.5 Å². The summed E-state index contributed by atoms with van der Waals surface area (Å²) in [5.74, 6) is 0. The van der Waals surface area contributed by atoms with Crippen LogP contribution in [0.5, 0.6) is 0 Å². The molecule has 0 saturated carbocycles. The Morgan fingerprint density at radius 3 is 1.84 bits per heavy atom. The Balaban J connectivity index is 2.40. The van der Waals surface area contributed by atoms with Crippen LogP contribution >= 0.6 is 34.5 Å². The fourth-order valence-corrected chi connectivity index (χ4v) is 5.04. The molecule has 1 heterocycles. The predicted molar refractivity (Wildman–Crippen MR) is 112 cm³/mol. The molecule has 172 valence electrons. The Kier molecular flexibility index (Phi) is 6.63. The van der Waals surface area contributed by atoms with Crippen molar-refractivity contribution in [2.45, 2.75) is 31.5 Å². The number of alkyl halides is 6. The van der Waals surface area contributed by atoms with Gasteiger partial charge in [0.25, 0.3) is 5.60 Å². The minimum absolute atomic E-state index is 0.00179. The average Bonchev–Trinajstić information content (AvgIpc) is 3.10. The van der Waals surface area contributed by atoms with Gasteiger partial charge in [-0.3, -0.25) is 0 Å². The summed E-state index contributed by atoms with van der Waals surface area (Å²) >= 11 is 12.0. The minimum Gasteiger partial charge on any atom is -0.392 e. The zero-order valence-corrected chi connectivity index (χ0v) is 18.4. The highest BCUT2D eigenvalue weighted by atomic mass is 35.5. The second kappa shape index (κ2) is 8.53. The number of aliphatic hydroxyl groups excluding tert-OH is 1. The molecular weight excluding hydrogens is 501 g/mol. The molecule has 32 heavy (non-hydrogen) atoms. The molecule has 0 atom stereocenters. The van der Waals surface area contributed by atoms with E-state index in [9.17, 15) is 36.6 Å². The maximum atomic E-state index is 13.5. The normalized spacial score (nSPS) is 13.0. The molecule has 3 aromatic rings. The molecule has 0 aliphatic carbocycles.